The summed E-state index contributed by atoms with van der Waals surface area (Å²) in [5.74, 6) is 0.872. The van der Waals surface area contributed by atoms with E-state index < -0.39 is 0 Å². The summed E-state index contributed by atoms with van der Waals surface area (Å²) in [5, 5.41) is 10.6. The quantitative estimate of drug-likeness (QED) is 0.881. The number of benzene rings is 1. The maximum absolute atomic E-state index is 6.06. The zero-order valence-electron chi connectivity index (χ0n) is 14.4. The van der Waals surface area contributed by atoms with Crippen LogP contribution in [-0.4, -0.2) is 17.2 Å². The first kappa shape index (κ1) is 16.6. The zero-order valence-corrected chi connectivity index (χ0v) is 14.4. The fraction of sp³-hybridized carbons (Fsp3) is 0.500. The third-order valence-corrected chi connectivity index (χ3v) is 3.88. The Morgan fingerprint density at radius 1 is 1.23 bits per heavy atom. The van der Waals surface area contributed by atoms with Crippen LogP contribution < -0.4 is 10.1 Å². The Morgan fingerprint density at radius 3 is 2.41 bits per heavy atom. The molecule has 1 aromatic carbocycles. The Hall–Kier alpha value is -1.81. The van der Waals surface area contributed by atoms with Crippen LogP contribution in [0.4, 0.5) is 0 Å². The van der Waals surface area contributed by atoms with Gasteiger partial charge in [-0.05, 0) is 44.0 Å². The molecule has 4 heteroatoms. The van der Waals surface area contributed by atoms with Gasteiger partial charge in [-0.25, -0.2) is 0 Å². The molecule has 2 rings (SSSR count). The Morgan fingerprint density at radius 2 is 1.86 bits per heavy atom. The molecule has 0 saturated carbocycles. The minimum Gasteiger partial charge on any atom is -0.484 e. The smallest absolute Gasteiger partial charge is 0.140 e. The number of rotatable bonds is 5. The normalized spacial score (nSPS) is 13.2. The second-order valence-corrected chi connectivity index (χ2v) is 6.78. The average Bonchev–Trinajstić information content (AvgIpc) is 2.80. The second-order valence-electron chi connectivity index (χ2n) is 6.78. The van der Waals surface area contributed by atoms with Crippen LogP contribution in [-0.2, 0) is 12.0 Å². The van der Waals surface area contributed by atoms with Gasteiger partial charge in [-0.15, -0.1) is 0 Å². The minimum absolute atomic E-state index is 0.0891. The van der Waals surface area contributed by atoms with Crippen molar-refractivity contribution in [1.82, 2.24) is 15.5 Å². The number of nitrogens with zero attached hydrogens (tertiary/aromatic N) is 1. The lowest BCUT2D eigenvalue weighted by Gasteiger charge is -2.20. The van der Waals surface area contributed by atoms with Crippen LogP contribution >= 0.6 is 0 Å². The molecule has 2 N–H and O–H groups in total. The summed E-state index contributed by atoms with van der Waals surface area (Å²) in [6, 6.07) is 8.33. The van der Waals surface area contributed by atoms with Crippen LogP contribution in [0, 0.1) is 6.92 Å². The highest BCUT2D eigenvalue weighted by atomic mass is 16.5. The van der Waals surface area contributed by atoms with Crippen LogP contribution in [0.3, 0.4) is 0 Å². The van der Waals surface area contributed by atoms with Gasteiger partial charge in [0.25, 0.3) is 0 Å². The predicted molar refractivity (Wildman–Crippen MR) is 90.3 cm³/mol. The van der Waals surface area contributed by atoms with E-state index in [-0.39, 0.29) is 11.5 Å². The summed E-state index contributed by atoms with van der Waals surface area (Å²) < 4.78 is 6.06. The molecule has 0 bridgehead atoms. The summed E-state index contributed by atoms with van der Waals surface area (Å²) in [7, 11) is 1.94. The highest BCUT2D eigenvalue weighted by Crippen LogP contribution is 2.27. The number of ether oxygens (including phenoxy) is 1. The summed E-state index contributed by atoms with van der Waals surface area (Å²) in [6.45, 7) is 11.5. The van der Waals surface area contributed by atoms with Crippen molar-refractivity contribution in [3.05, 3.63) is 46.8 Å². The molecule has 0 aliphatic carbocycles. The molecule has 0 fully saturated rings. The van der Waals surface area contributed by atoms with E-state index in [1.165, 1.54) is 11.1 Å². The molecule has 0 aliphatic rings. The van der Waals surface area contributed by atoms with Gasteiger partial charge in [0.15, 0.2) is 0 Å². The third kappa shape index (κ3) is 3.69. The van der Waals surface area contributed by atoms with E-state index in [4.69, 9.17) is 4.74 Å². The molecule has 0 amide bonds. The van der Waals surface area contributed by atoms with Crippen molar-refractivity contribution < 1.29 is 4.74 Å². The molecule has 2 aromatic rings. The average molecular weight is 301 g/mol. The van der Waals surface area contributed by atoms with Crippen LogP contribution in [0.25, 0.3) is 0 Å². The molecular formula is C18H27N3O. The van der Waals surface area contributed by atoms with E-state index in [1.54, 1.807) is 0 Å². The SMILES string of the molecule is CNCc1c(C(C)Oc2ccc(C(C)(C)C)cc2)n[nH]c1C. The van der Waals surface area contributed by atoms with Gasteiger partial charge in [0.1, 0.15) is 17.5 Å². The second kappa shape index (κ2) is 6.53. The Balaban J connectivity index is 2.14. The first-order chi connectivity index (χ1) is 10.3. The molecule has 1 aromatic heterocycles. The van der Waals surface area contributed by atoms with Gasteiger partial charge in [0.05, 0.1) is 0 Å². The molecule has 120 valence electrons. The van der Waals surface area contributed by atoms with Gasteiger partial charge >= 0.3 is 0 Å². The minimum atomic E-state index is -0.0891. The van der Waals surface area contributed by atoms with E-state index in [1.807, 2.05) is 33.0 Å². The Labute approximate surface area is 133 Å². The molecule has 1 heterocycles. The first-order valence-corrected chi connectivity index (χ1v) is 7.78. The predicted octanol–water partition coefficient (Wildman–Crippen LogP) is 3.88. The van der Waals surface area contributed by atoms with Gasteiger partial charge in [-0.3, -0.25) is 5.10 Å². The topological polar surface area (TPSA) is 49.9 Å². The summed E-state index contributed by atoms with van der Waals surface area (Å²) in [5.41, 5.74) is 4.69. The van der Waals surface area contributed by atoms with Crippen LogP contribution in [0.15, 0.2) is 24.3 Å². The fourth-order valence-electron chi connectivity index (χ4n) is 2.50. The number of aromatic nitrogens is 2. The summed E-state index contributed by atoms with van der Waals surface area (Å²) in [4.78, 5) is 0. The molecule has 1 atom stereocenters. The van der Waals surface area contributed by atoms with E-state index in [9.17, 15) is 0 Å². The molecule has 0 spiro atoms. The third-order valence-electron chi connectivity index (χ3n) is 3.88. The van der Waals surface area contributed by atoms with Crippen LogP contribution in [0.2, 0.25) is 0 Å². The number of aryl methyl sites for hydroxylation is 1. The van der Waals surface area contributed by atoms with E-state index in [2.05, 4.69) is 48.4 Å². The van der Waals surface area contributed by atoms with Crippen molar-refractivity contribution >= 4 is 0 Å². The number of hydrogen-bond donors (Lipinski definition) is 2. The van der Waals surface area contributed by atoms with E-state index in [0.717, 1.165) is 23.7 Å². The zero-order chi connectivity index (χ0) is 16.3. The van der Waals surface area contributed by atoms with Gasteiger partial charge in [-0.2, -0.15) is 5.10 Å². The molecular weight excluding hydrogens is 274 g/mol. The van der Waals surface area contributed by atoms with Gasteiger partial charge in [0.2, 0.25) is 0 Å². The lowest BCUT2D eigenvalue weighted by Crippen LogP contribution is -2.12. The summed E-state index contributed by atoms with van der Waals surface area (Å²) in [6.07, 6.45) is -0.0891. The van der Waals surface area contributed by atoms with Gasteiger partial charge < -0.3 is 10.1 Å². The molecule has 0 saturated heterocycles. The maximum atomic E-state index is 6.06. The molecule has 1 unspecified atom stereocenters. The van der Waals surface area contributed by atoms with Crippen LogP contribution in [0.5, 0.6) is 5.75 Å². The van der Waals surface area contributed by atoms with Gasteiger partial charge in [-0.1, -0.05) is 32.9 Å². The first-order valence-electron chi connectivity index (χ1n) is 7.78. The van der Waals surface area contributed by atoms with E-state index in [0.29, 0.717) is 0 Å². The van der Waals surface area contributed by atoms with Crippen molar-refractivity contribution in [1.29, 1.82) is 0 Å². The molecule has 4 nitrogen and oxygen atoms in total. The Kier molecular flexibility index (Phi) is 4.91. The maximum Gasteiger partial charge on any atom is 0.140 e. The highest BCUT2D eigenvalue weighted by Gasteiger charge is 2.18. The lowest BCUT2D eigenvalue weighted by molar-refractivity contribution is 0.220. The largest absolute Gasteiger partial charge is 0.484 e. The van der Waals surface area contributed by atoms with Crippen molar-refractivity contribution in [2.24, 2.45) is 0 Å². The monoisotopic (exact) mass is 301 g/mol. The molecule has 22 heavy (non-hydrogen) atoms. The highest BCUT2D eigenvalue weighted by molar-refractivity contribution is 5.32. The number of hydrogen-bond acceptors (Lipinski definition) is 3. The van der Waals surface area contributed by atoms with E-state index >= 15 is 0 Å². The number of aromatic amines is 1. The van der Waals surface area contributed by atoms with Crippen molar-refractivity contribution in [2.75, 3.05) is 7.05 Å². The van der Waals surface area contributed by atoms with Gasteiger partial charge in [0, 0.05) is 17.8 Å². The lowest BCUT2D eigenvalue weighted by atomic mass is 9.87. The molecule has 0 aliphatic heterocycles. The van der Waals surface area contributed by atoms with Crippen LogP contribution in [0.1, 0.15) is 56.3 Å². The molecule has 0 radical (unpaired) electrons. The summed E-state index contributed by atoms with van der Waals surface area (Å²) >= 11 is 0. The standard InChI is InChI=1S/C18H27N3O/c1-12-16(11-19-6)17(21-20-12)13(2)22-15-9-7-14(8-10-15)18(3,4)5/h7-10,13,19H,11H2,1-6H3,(H,20,21). The Bertz CT molecular complexity index is 608. The fourth-order valence-corrected chi connectivity index (χ4v) is 2.50. The van der Waals surface area contributed by atoms with Crippen molar-refractivity contribution in [3.63, 3.8) is 0 Å². The van der Waals surface area contributed by atoms with Crippen molar-refractivity contribution in [2.45, 2.75) is 52.7 Å². The van der Waals surface area contributed by atoms with Crippen molar-refractivity contribution in [3.8, 4) is 5.75 Å². The number of nitrogens with one attached hydrogen (secondary N) is 2. The number of H-pyrrole nitrogens is 1.